The second kappa shape index (κ2) is 6.03. The number of carbonyl (C=O) groups is 1. The molecule has 2 heterocycles. The molecule has 144 valence electrons. The second-order valence-corrected chi connectivity index (χ2v) is 8.54. The number of halogens is 3. The Morgan fingerprint density at radius 3 is 2.50 bits per heavy atom. The first-order chi connectivity index (χ1) is 11.9. The molecule has 2 fully saturated rings. The molecule has 0 N–H and O–H groups in total. The normalized spacial score (nSPS) is 19.8. The number of carbonyl (C=O) groups excluding carboxylic acids is 1. The number of alkyl halides is 3. The molecule has 1 saturated heterocycles. The highest BCUT2D eigenvalue weighted by Gasteiger charge is 2.54. The number of allylic oxidation sites excluding steroid dienone is 1. The molecule has 1 spiro atoms. The highest BCUT2D eigenvalue weighted by molar-refractivity contribution is 5.69. The highest BCUT2D eigenvalue weighted by Crippen LogP contribution is 2.52. The van der Waals surface area contributed by atoms with Gasteiger partial charge in [-0.2, -0.15) is 13.2 Å². The topological polar surface area (TPSA) is 47.4 Å². The summed E-state index contributed by atoms with van der Waals surface area (Å²) in [5.74, 6) is 0.386. The zero-order valence-corrected chi connectivity index (χ0v) is 15.3. The summed E-state index contributed by atoms with van der Waals surface area (Å²) in [6, 6.07) is 0. The Hall–Kier alpha value is -1.99. The third kappa shape index (κ3) is 3.88. The molecule has 0 aromatic carbocycles. The summed E-state index contributed by atoms with van der Waals surface area (Å²) in [7, 11) is 0. The maximum Gasteiger partial charge on any atom is 0.417 e. The van der Waals surface area contributed by atoms with E-state index in [1.165, 1.54) is 12.5 Å². The lowest BCUT2D eigenvalue weighted by Crippen LogP contribution is -2.64. The van der Waals surface area contributed by atoms with Crippen molar-refractivity contribution >= 4 is 11.7 Å². The molecule has 2 aliphatic rings. The fourth-order valence-electron chi connectivity index (χ4n) is 3.83. The highest BCUT2D eigenvalue weighted by atomic mass is 19.4. The van der Waals surface area contributed by atoms with Crippen LogP contribution in [0.2, 0.25) is 0 Å². The number of aromatic nitrogens is 2. The van der Waals surface area contributed by atoms with Gasteiger partial charge in [-0.25, -0.2) is 9.78 Å². The number of amides is 1. The fourth-order valence-corrected chi connectivity index (χ4v) is 3.83. The Morgan fingerprint density at radius 2 is 1.96 bits per heavy atom. The fraction of sp³-hybridized carbons (Fsp3) is 0.667. The van der Waals surface area contributed by atoms with E-state index in [-0.39, 0.29) is 17.2 Å². The number of hydrogen-bond donors (Lipinski definition) is 0. The maximum absolute atomic E-state index is 12.7. The first-order valence-electron chi connectivity index (χ1n) is 8.63. The summed E-state index contributed by atoms with van der Waals surface area (Å²) in [5.41, 5.74) is -1.40. The van der Waals surface area contributed by atoms with Gasteiger partial charge in [-0.3, -0.25) is 0 Å². The predicted octanol–water partition coefficient (Wildman–Crippen LogP) is 4.11. The van der Waals surface area contributed by atoms with Crippen molar-refractivity contribution in [2.24, 2.45) is 11.3 Å². The van der Waals surface area contributed by atoms with Gasteiger partial charge in [0.1, 0.15) is 5.60 Å². The van der Waals surface area contributed by atoms with Crippen LogP contribution in [0.3, 0.4) is 0 Å². The molecule has 1 aromatic rings. The van der Waals surface area contributed by atoms with Crippen molar-refractivity contribution in [3.63, 3.8) is 0 Å². The van der Waals surface area contributed by atoms with Gasteiger partial charge in [-0.05, 0) is 39.5 Å². The molecule has 5 nitrogen and oxygen atoms in total. The predicted molar refractivity (Wildman–Crippen MR) is 90.3 cm³/mol. The van der Waals surface area contributed by atoms with Crippen molar-refractivity contribution in [2.75, 3.05) is 13.1 Å². The molecule has 0 unspecified atom stereocenters. The zero-order valence-electron chi connectivity index (χ0n) is 15.3. The van der Waals surface area contributed by atoms with Gasteiger partial charge in [-0.1, -0.05) is 6.58 Å². The summed E-state index contributed by atoms with van der Waals surface area (Å²) >= 11 is 0. The van der Waals surface area contributed by atoms with E-state index in [1.54, 1.807) is 9.47 Å². The van der Waals surface area contributed by atoms with Crippen molar-refractivity contribution in [3.05, 3.63) is 24.8 Å². The monoisotopic (exact) mass is 371 g/mol. The SMILES string of the molecule is C=C(c1cn(CC2CC3(C2)CN(C(=O)OC(C)(C)C)C3)cn1)C(F)(F)F. The number of likely N-dealkylation sites (tertiary alicyclic amines) is 1. The number of ether oxygens (including phenoxy) is 1. The van der Waals surface area contributed by atoms with Gasteiger partial charge in [0.2, 0.25) is 0 Å². The van der Waals surface area contributed by atoms with Crippen LogP contribution in [0, 0.1) is 11.3 Å². The minimum absolute atomic E-state index is 0.133. The molecule has 1 aromatic heterocycles. The average Bonchev–Trinajstić information content (AvgIpc) is 2.84. The van der Waals surface area contributed by atoms with Gasteiger partial charge in [0, 0.05) is 31.2 Å². The quantitative estimate of drug-likeness (QED) is 0.804. The molecule has 1 saturated carbocycles. The Kier molecular flexibility index (Phi) is 4.36. The molecule has 1 aliphatic carbocycles. The molecular weight excluding hydrogens is 347 g/mol. The van der Waals surface area contributed by atoms with Crippen LogP contribution in [0.15, 0.2) is 19.1 Å². The summed E-state index contributed by atoms with van der Waals surface area (Å²) in [4.78, 5) is 17.5. The van der Waals surface area contributed by atoms with Gasteiger partial charge in [0.25, 0.3) is 0 Å². The smallest absolute Gasteiger partial charge is 0.417 e. The van der Waals surface area contributed by atoms with Crippen LogP contribution in [-0.2, 0) is 11.3 Å². The van der Waals surface area contributed by atoms with Gasteiger partial charge in [0.15, 0.2) is 0 Å². The van der Waals surface area contributed by atoms with E-state index in [4.69, 9.17) is 4.74 Å². The lowest BCUT2D eigenvalue weighted by atomic mass is 9.58. The van der Waals surface area contributed by atoms with Gasteiger partial charge >= 0.3 is 12.3 Å². The van der Waals surface area contributed by atoms with E-state index in [0.29, 0.717) is 25.6 Å². The van der Waals surface area contributed by atoms with Crippen molar-refractivity contribution < 1.29 is 22.7 Å². The van der Waals surface area contributed by atoms with E-state index >= 15 is 0 Å². The first-order valence-corrected chi connectivity index (χ1v) is 8.63. The van der Waals surface area contributed by atoms with Gasteiger partial charge in [0.05, 0.1) is 17.6 Å². The largest absolute Gasteiger partial charge is 0.444 e. The average molecular weight is 371 g/mol. The molecule has 1 amide bonds. The van der Waals surface area contributed by atoms with Crippen LogP contribution in [0.4, 0.5) is 18.0 Å². The van der Waals surface area contributed by atoms with Gasteiger partial charge in [-0.15, -0.1) is 0 Å². The molecular formula is C18H24F3N3O2. The lowest BCUT2D eigenvalue weighted by Gasteiger charge is -2.58. The number of hydrogen-bond acceptors (Lipinski definition) is 3. The van der Waals surface area contributed by atoms with Crippen LogP contribution in [0.5, 0.6) is 0 Å². The van der Waals surface area contributed by atoms with Crippen LogP contribution >= 0.6 is 0 Å². The van der Waals surface area contributed by atoms with Crippen molar-refractivity contribution in [3.8, 4) is 0 Å². The Morgan fingerprint density at radius 1 is 1.35 bits per heavy atom. The summed E-state index contributed by atoms with van der Waals surface area (Å²) in [6.45, 7) is 10.6. The van der Waals surface area contributed by atoms with Crippen molar-refractivity contribution in [2.45, 2.75) is 51.9 Å². The minimum atomic E-state index is -4.46. The van der Waals surface area contributed by atoms with Crippen LogP contribution < -0.4 is 0 Å². The number of imidazole rings is 1. The number of nitrogens with zero attached hydrogens (tertiary/aromatic N) is 3. The molecule has 26 heavy (non-hydrogen) atoms. The van der Waals surface area contributed by atoms with E-state index in [9.17, 15) is 18.0 Å². The Balaban J connectivity index is 1.45. The maximum atomic E-state index is 12.7. The molecule has 0 radical (unpaired) electrons. The van der Waals surface area contributed by atoms with E-state index in [1.807, 2.05) is 20.8 Å². The zero-order chi connectivity index (χ0) is 19.3. The second-order valence-electron chi connectivity index (χ2n) is 8.54. The molecule has 8 heteroatoms. The van der Waals surface area contributed by atoms with E-state index in [2.05, 4.69) is 11.6 Å². The molecule has 0 bridgehead atoms. The lowest BCUT2D eigenvalue weighted by molar-refractivity contribution is -0.0981. The van der Waals surface area contributed by atoms with E-state index in [0.717, 1.165) is 12.8 Å². The summed E-state index contributed by atoms with van der Waals surface area (Å²) in [6.07, 6.45) is -0.00679. The van der Waals surface area contributed by atoms with E-state index < -0.39 is 17.4 Å². The first kappa shape index (κ1) is 18.8. The van der Waals surface area contributed by atoms with Crippen molar-refractivity contribution in [1.82, 2.24) is 14.5 Å². The summed E-state index contributed by atoms with van der Waals surface area (Å²) < 4.78 is 45.0. The van der Waals surface area contributed by atoms with Crippen molar-refractivity contribution in [1.29, 1.82) is 0 Å². The van der Waals surface area contributed by atoms with Crippen LogP contribution in [-0.4, -0.2) is 45.4 Å². The molecule has 3 rings (SSSR count). The third-order valence-corrected chi connectivity index (χ3v) is 4.90. The minimum Gasteiger partial charge on any atom is -0.444 e. The summed E-state index contributed by atoms with van der Waals surface area (Å²) in [5, 5.41) is 0. The molecule has 0 atom stereocenters. The standard InChI is InChI=1S/C18H24F3N3O2/c1-12(18(19,20)21)14-8-23(11-22-14)7-13-5-17(6-13)9-24(10-17)15(25)26-16(2,3)4/h8,11,13H,1,5-7,9-10H2,2-4H3. The third-order valence-electron chi connectivity index (χ3n) is 4.90. The molecule has 1 aliphatic heterocycles. The van der Waals surface area contributed by atoms with Gasteiger partial charge < -0.3 is 14.2 Å². The Bertz CT molecular complexity index is 704. The van der Waals surface area contributed by atoms with Crippen LogP contribution in [0.1, 0.15) is 39.3 Å². The number of rotatable bonds is 3. The van der Waals surface area contributed by atoms with Crippen LogP contribution in [0.25, 0.3) is 5.57 Å². The Labute approximate surface area is 150 Å².